The maximum atomic E-state index is 5.89. The van der Waals surface area contributed by atoms with Crippen molar-refractivity contribution in [2.45, 2.75) is 13.0 Å². The highest BCUT2D eigenvalue weighted by Gasteiger charge is 2.12. The third-order valence-corrected chi connectivity index (χ3v) is 4.44. The molecule has 5 heteroatoms. The molecule has 0 saturated heterocycles. The van der Waals surface area contributed by atoms with E-state index in [-0.39, 0.29) is 0 Å². The van der Waals surface area contributed by atoms with Crippen LogP contribution in [-0.4, -0.2) is 19.2 Å². The van der Waals surface area contributed by atoms with E-state index in [4.69, 9.17) is 14.2 Å². The fourth-order valence-corrected chi connectivity index (χ4v) is 3.19. The molecule has 0 bridgehead atoms. The van der Waals surface area contributed by atoms with Crippen molar-refractivity contribution in [2.75, 3.05) is 14.2 Å². The quantitative estimate of drug-likeness (QED) is 0.641. The zero-order valence-corrected chi connectivity index (χ0v) is 14.5. The van der Waals surface area contributed by atoms with E-state index in [0.29, 0.717) is 23.9 Å². The fourth-order valence-electron chi connectivity index (χ4n) is 2.37. The van der Waals surface area contributed by atoms with Gasteiger partial charge in [0.25, 0.3) is 0 Å². The molecule has 0 unspecified atom stereocenters. The number of nitrogens with zero attached hydrogens (tertiary/aromatic N) is 1. The van der Waals surface area contributed by atoms with Gasteiger partial charge in [0.1, 0.15) is 6.61 Å². The Morgan fingerprint density at radius 3 is 2.29 bits per heavy atom. The summed E-state index contributed by atoms with van der Waals surface area (Å²) < 4.78 is 16.6. The second-order valence-electron chi connectivity index (χ2n) is 5.18. The first kappa shape index (κ1) is 16.3. The number of thiazole rings is 1. The van der Waals surface area contributed by atoms with Gasteiger partial charge >= 0.3 is 0 Å². The molecule has 0 aliphatic carbocycles. The Morgan fingerprint density at radius 1 is 0.917 bits per heavy atom. The number of benzene rings is 2. The van der Waals surface area contributed by atoms with E-state index in [9.17, 15) is 0 Å². The molecule has 1 aromatic heterocycles. The normalized spacial score (nSPS) is 10.4. The summed E-state index contributed by atoms with van der Waals surface area (Å²) in [7, 11) is 3.23. The molecule has 0 saturated carbocycles. The Morgan fingerprint density at radius 2 is 1.62 bits per heavy atom. The van der Waals surface area contributed by atoms with Crippen LogP contribution in [0.3, 0.4) is 0 Å². The minimum absolute atomic E-state index is 0.377. The van der Waals surface area contributed by atoms with Crippen LogP contribution in [0.15, 0.2) is 53.9 Å². The first-order valence-electron chi connectivity index (χ1n) is 7.61. The number of hydrogen-bond donors (Lipinski definition) is 0. The predicted octanol–water partition coefficient (Wildman–Crippen LogP) is 4.33. The molecule has 4 nitrogen and oxygen atoms in total. The van der Waals surface area contributed by atoms with E-state index in [1.54, 1.807) is 25.6 Å². The molecule has 0 aliphatic rings. The van der Waals surface area contributed by atoms with E-state index < -0.39 is 0 Å². The van der Waals surface area contributed by atoms with Crippen LogP contribution in [0, 0.1) is 0 Å². The third-order valence-electron chi connectivity index (χ3n) is 3.54. The summed E-state index contributed by atoms with van der Waals surface area (Å²) >= 11 is 1.65. The van der Waals surface area contributed by atoms with Crippen LogP contribution in [-0.2, 0) is 13.0 Å². The van der Waals surface area contributed by atoms with Crippen LogP contribution < -0.4 is 14.2 Å². The van der Waals surface area contributed by atoms with E-state index in [1.807, 2.05) is 41.8 Å². The van der Waals surface area contributed by atoms with Gasteiger partial charge in [-0.3, -0.25) is 0 Å². The molecule has 0 radical (unpaired) electrons. The first-order chi connectivity index (χ1) is 11.8. The smallest absolute Gasteiger partial charge is 0.203 e. The van der Waals surface area contributed by atoms with Gasteiger partial charge in [-0.25, -0.2) is 4.98 Å². The van der Waals surface area contributed by atoms with Crippen LogP contribution in [0.1, 0.15) is 16.3 Å². The van der Waals surface area contributed by atoms with Gasteiger partial charge in [-0.15, -0.1) is 11.3 Å². The lowest BCUT2D eigenvalue weighted by molar-refractivity contribution is 0.263. The van der Waals surface area contributed by atoms with Gasteiger partial charge in [-0.2, -0.15) is 0 Å². The molecule has 124 valence electrons. The van der Waals surface area contributed by atoms with Crippen LogP contribution in [0.2, 0.25) is 0 Å². The number of hydrogen-bond acceptors (Lipinski definition) is 5. The number of aromatic nitrogens is 1. The van der Waals surface area contributed by atoms with Crippen molar-refractivity contribution in [3.8, 4) is 17.2 Å². The molecular weight excluding hydrogens is 322 g/mol. The number of para-hydroxylation sites is 1. The Labute approximate surface area is 145 Å². The number of methoxy groups -OCH3 is 2. The van der Waals surface area contributed by atoms with E-state index in [2.05, 4.69) is 17.1 Å². The second kappa shape index (κ2) is 7.84. The van der Waals surface area contributed by atoms with Crippen molar-refractivity contribution < 1.29 is 14.2 Å². The molecule has 3 rings (SSSR count). The van der Waals surface area contributed by atoms with E-state index in [0.717, 1.165) is 17.1 Å². The van der Waals surface area contributed by atoms with Gasteiger partial charge in [-0.1, -0.05) is 36.4 Å². The topological polar surface area (TPSA) is 40.6 Å². The third kappa shape index (κ3) is 3.86. The maximum Gasteiger partial charge on any atom is 0.203 e. The molecule has 24 heavy (non-hydrogen) atoms. The molecule has 0 fully saturated rings. The standard InChI is InChI=1S/C19H19NO3S/c1-21-16-9-6-10-17(22-2)19(16)23-12-15-13-24-18(20-15)11-14-7-4-3-5-8-14/h3-10,13H,11-12H2,1-2H3. The molecule has 0 N–H and O–H groups in total. The number of ether oxygens (including phenoxy) is 3. The summed E-state index contributed by atoms with van der Waals surface area (Å²) in [6.45, 7) is 0.377. The van der Waals surface area contributed by atoms with E-state index in [1.165, 1.54) is 5.56 Å². The van der Waals surface area contributed by atoms with Crippen molar-refractivity contribution in [3.05, 3.63) is 70.2 Å². The van der Waals surface area contributed by atoms with Crippen molar-refractivity contribution >= 4 is 11.3 Å². The molecule has 0 spiro atoms. The Bertz CT molecular complexity index is 764. The van der Waals surface area contributed by atoms with Crippen LogP contribution in [0.4, 0.5) is 0 Å². The number of rotatable bonds is 7. The minimum Gasteiger partial charge on any atom is -0.493 e. The SMILES string of the molecule is COc1cccc(OC)c1OCc1csc(Cc2ccccc2)n1. The average Bonchev–Trinajstić information content (AvgIpc) is 3.07. The molecule has 2 aromatic carbocycles. The summed E-state index contributed by atoms with van der Waals surface area (Å²) in [6.07, 6.45) is 0.837. The van der Waals surface area contributed by atoms with Crippen LogP contribution >= 0.6 is 11.3 Å². The highest BCUT2D eigenvalue weighted by atomic mass is 32.1. The largest absolute Gasteiger partial charge is 0.493 e. The Hall–Kier alpha value is -2.53. The van der Waals surface area contributed by atoms with Crippen LogP contribution in [0.5, 0.6) is 17.2 Å². The lowest BCUT2D eigenvalue weighted by Crippen LogP contribution is -2.00. The Kier molecular flexibility index (Phi) is 5.33. The zero-order chi connectivity index (χ0) is 16.8. The van der Waals surface area contributed by atoms with Crippen LogP contribution in [0.25, 0.3) is 0 Å². The first-order valence-corrected chi connectivity index (χ1v) is 8.49. The van der Waals surface area contributed by atoms with Gasteiger partial charge in [-0.05, 0) is 17.7 Å². The van der Waals surface area contributed by atoms with Crippen molar-refractivity contribution in [1.82, 2.24) is 4.98 Å². The van der Waals surface area contributed by atoms with Crippen molar-refractivity contribution in [1.29, 1.82) is 0 Å². The molecule has 1 heterocycles. The highest BCUT2D eigenvalue weighted by molar-refractivity contribution is 7.09. The second-order valence-corrected chi connectivity index (χ2v) is 6.12. The summed E-state index contributed by atoms with van der Waals surface area (Å²) in [5.74, 6) is 1.89. The Balaban J connectivity index is 1.68. The monoisotopic (exact) mass is 341 g/mol. The predicted molar refractivity (Wildman–Crippen MR) is 95.2 cm³/mol. The van der Waals surface area contributed by atoms with Gasteiger partial charge in [0, 0.05) is 11.8 Å². The van der Waals surface area contributed by atoms with Gasteiger partial charge < -0.3 is 14.2 Å². The van der Waals surface area contributed by atoms with Crippen molar-refractivity contribution in [3.63, 3.8) is 0 Å². The molecule has 0 atom stereocenters. The highest BCUT2D eigenvalue weighted by Crippen LogP contribution is 2.37. The molecule has 0 aliphatic heterocycles. The molecule has 0 amide bonds. The van der Waals surface area contributed by atoms with Crippen molar-refractivity contribution in [2.24, 2.45) is 0 Å². The lowest BCUT2D eigenvalue weighted by atomic mass is 10.2. The summed E-state index contributed by atoms with van der Waals surface area (Å²) in [5.41, 5.74) is 2.16. The lowest BCUT2D eigenvalue weighted by Gasteiger charge is -2.13. The molecule has 3 aromatic rings. The summed E-state index contributed by atoms with van der Waals surface area (Å²) in [6, 6.07) is 15.9. The fraction of sp³-hybridized carbons (Fsp3) is 0.211. The summed E-state index contributed by atoms with van der Waals surface area (Å²) in [5, 5.41) is 3.10. The maximum absolute atomic E-state index is 5.89. The zero-order valence-electron chi connectivity index (χ0n) is 13.7. The minimum atomic E-state index is 0.377. The summed E-state index contributed by atoms with van der Waals surface area (Å²) in [4.78, 5) is 4.64. The van der Waals surface area contributed by atoms with Gasteiger partial charge in [0.05, 0.1) is 24.9 Å². The van der Waals surface area contributed by atoms with Gasteiger partial charge in [0.2, 0.25) is 5.75 Å². The van der Waals surface area contributed by atoms with Gasteiger partial charge in [0.15, 0.2) is 11.5 Å². The average molecular weight is 341 g/mol. The van der Waals surface area contributed by atoms with E-state index >= 15 is 0 Å². The molecular formula is C19H19NO3S.